The molecule has 1 saturated heterocycles. The van der Waals surface area contributed by atoms with Crippen LogP contribution in [0.1, 0.15) is 29.9 Å². The van der Waals surface area contributed by atoms with Crippen molar-refractivity contribution in [2.45, 2.75) is 25.7 Å². The van der Waals surface area contributed by atoms with Gasteiger partial charge in [0, 0.05) is 23.6 Å². The number of nitrogens with one attached hydrogen (secondary N) is 1. The van der Waals surface area contributed by atoms with Crippen LogP contribution in [0.3, 0.4) is 0 Å². The summed E-state index contributed by atoms with van der Waals surface area (Å²) in [5.41, 5.74) is 2.34. The van der Waals surface area contributed by atoms with E-state index in [1.165, 1.54) is 18.4 Å². The third kappa shape index (κ3) is 2.50. The molecule has 1 aliphatic heterocycles. The predicted octanol–water partition coefficient (Wildman–Crippen LogP) is 3.24. The van der Waals surface area contributed by atoms with Gasteiger partial charge < -0.3 is 14.8 Å². The topological polar surface area (TPSA) is 30.5 Å². The molecular weight excluding hydrogens is 294 g/mol. The van der Waals surface area contributed by atoms with Gasteiger partial charge in [-0.05, 0) is 48.3 Å². The third-order valence-electron chi connectivity index (χ3n) is 3.59. The van der Waals surface area contributed by atoms with Gasteiger partial charge in [-0.3, -0.25) is 0 Å². The summed E-state index contributed by atoms with van der Waals surface area (Å²) < 4.78 is 12.0. The first kappa shape index (κ1) is 13.7. The molecule has 1 atom stereocenters. The molecule has 4 heteroatoms. The van der Waals surface area contributed by atoms with Crippen molar-refractivity contribution in [2.75, 3.05) is 27.3 Å². The van der Waals surface area contributed by atoms with Crippen molar-refractivity contribution in [3.05, 3.63) is 21.7 Å². The molecule has 0 saturated carbocycles. The lowest BCUT2D eigenvalue weighted by atomic mass is 9.89. The second-order valence-electron chi connectivity index (χ2n) is 4.68. The lowest BCUT2D eigenvalue weighted by Gasteiger charge is -2.26. The van der Waals surface area contributed by atoms with Gasteiger partial charge in [-0.25, -0.2) is 0 Å². The average molecular weight is 314 g/mol. The molecule has 18 heavy (non-hydrogen) atoms. The van der Waals surface area contributed by atoms with Crippen molar-refractivity contribution in [3.8, 4) is 11.5 Å². The Kier molecular flexibility index (Phi) is 4.51. The number of piperidine rings is 1. The molecule has 1 fully saturated rings. The normalized spacial score (nSPS) is 19.7. The van der Waals surface area contributed by atoms with E-state index in [9.17, 15) is 0 Å². The summed E-state index contributed by atoms with van der Waals surface area (Å²) in [6.07, 6.45) is 2.43. The lowest BCUT2D eigenvalue weighted by Crippen LogP contribution is -2.28. The van der Waals surface area contributed by atoms with Crippen LogP contribution in [0.4, 0.5) is 0 Å². The Morgan fingerprint density at radius 2 is 2.00 bits per heavy atom. The first-order valence-corrected chi connectivity index (χ1v) is 7.10. The smallest absolute Gasteiger partial charge is 0.139 e. The van der Waals surface area contributed by atoms with E-state index < -0.39 is 0 Å². The number of methoxy groups -OCH3 is 2. The van der Waals surface area contributed by atoms with E-state index in [2.05, 4.69) is 27.3 Å². The number of benzene rings is 1. The summed E-state index contributed by atoms with van der Waals surface area (Å²) in [4.78, 5) is 0. The Hall–Kier alpha value is -0.740. The molecule has 1 N–H and O–H groups in total. The maximum atomic E-state index is 5.60. The maximum absolute atomic E-state index is 5.60. The summed E-state index contributed by atoms with van der Waals surface area (Å²) in [6.45, 7) is 4.19. The van der Waals surface area contributed by atoms with Crippen molar-refractivity contribution in [1.82, 2.24) is 5.32 Å². The van der Waals surface area contributed by atoms with Gasteiger partial charge in [0.15, 0.2) is 0 Å². The van der Waals surface area contributed by atoms with Gasteiger partial charge in [0.25, 0.3) is 0 Å². The van der Waals surface area contributed by atoms with Gasteiger partial charge in [-0.15, -0.1) is 0 Å². The highest BCUT2D eigenvalue weighted by Gasteiger charge is 2.23. The Bertz CT molecular complexity index is 428. The third-order valence-corrected chi connectivity index (χ3v) is 4.18. The van der Waals surface area contributed by atoms with Crippen molar-refractivity contribution >= 4 is 15.9 Å². The minimum Gasteiger partial charge on any atom is -0.496 e. The summed E-state index contributed by atoms with van der Waals surface area (Å²) in [7, 11) is 3.42. The van der Waals surface area contributed by atoms with Gasteiger partial charge in [0.05, 0.1) is 18.7 Å². The molecule has 0 amide bonds. The SMILES string of the molecule is COc1c(Br)cc(C2CCCNC2)c(OC)c1C. The quantitative estimate of drug-likeness (QED) is 0.929. The highest BCUT2D eigenvalue weighted by atomic mass is 79.9. The first-order chi connectivity index (χ1) is 8.69. The molecule has 2 rings (SSSR count). The zero-order valence-corrected chi connectivity index (χ0v) is 12.8. The molecule has 0 aromatic heterocycles. The van der Waals surface area contributed by atoms with Crippen molar-refractivity contribution in [2.24, 2.45) is 0 Å². The van der Waals surface area contributed by atoms with E-state index in [0.717, 1.165) is 34.6 Å². The molecule has 0 aliphatic carbocycles. The van der Waals surface area contributed by atoms with E-state index >= 15 is 0 Å². The van der Waals surface area contributed by atoms with Crippen LogP contribution in [-0.2, 0) is 0 Å². The van der Waals surface area contributed by atoms with E-state index in [1.54, 1.807) is 14.2 Å². The molecule has 1 aromatic carbocycles. The average Bonchev–Trinajstić information content (AvgIpc) is 2.39. The Balaban J connectivity index is 2.45. The van der Waals surface area contributed by atoms with E-state index in [1.807, 2.05) is 6.92 Å². The monoisotopic (exact) mass is 313 g/mol. The fraction of sp³-hybridized carbons (Fsp3) is 0.571. The second kappa shape index (κ2) is 5.93. The van der Waals surface area contributed by atoms with Gasteiger partial charge in [-0.2, -0.15) is 0 Å². The maximum Gasteiger partial charge on any atom is 0.139 e. The lowest BCUT2D eigenvalue weighted by molar-refractivity contribution is 0.374. The highest BCUT2D eigenvalue weighted by molar-refractivity contribution is 9.10. The molecule has 0 radical (unpaired) electrons. The molecule has 1 heterocycles. The summed E-state index contributed by atoms with van der Waals surface area (Å²) in [5.74, 6) is 2.35. The summed E-state index contributed by atoms with van der Waals surface area (Å²) in [6, 6.07) is 2.14. The van der Waals surface area contributed by atoms with Crippen LogP contribution < -0.4 is 14.8 Å². The van der Waals surface area contributed by atoms with E-state index in [-0.39, 0.29) is 0 Å². The van der Waals surface area contributed by atoms with Gasteiger partial charge in [0.1, 0.15) is 11.5 Å². The Labute approximate surface area is 117 Å². The zero-order chi connectivity index (χ0) is 13.1. The molecule has 0 bridgehead atoms. The molecule has 1 unspecified atom stereocenters. The minimum absolute atomic E-state index is 0.523. The number of halogens is 1. The van der Waals surface area contributed by atoms with Crippen LogP contribution >= 0.6 is 15.9 Å². The van der Waals surface area contributed by atoms with E-state index in [0.29, 0.717) is 5.92 Å². The predicted molar refractivity (Wildman–Crippen MR) is 76.8 cm³/mol. The number of hydrogen-bond acceptors (Lipinski definition) is 3. The van der Waals surface area contributed by atoms with Gasteiger partial charge in [-0.1, -0.05) is 0 Å². The van der Waals surface area contributed by atoms with E-state index in [4.69, 9.17) is 9.47 Å². The molecule has 0 spiro atoms. The van der Waals surface area contributed by atoms with Crippen LogP contribution in [0.5, 0.6) is 11.5 Å². The Morgan fingerprint density at radius 3 is 2.56 bits per heavy atom. The summed E-state index contributed by atoms with van der Waals surface area (Å²) in [5, 5.41) is 3.45. The largest absolute Gasteiger partial charge is 0.496 e. The first-order valence-electron chi connectivity index (χ1n) is 6.30. The zero-order valence-electron chi connectivity index (χ0n) is 11.2. The van der Waals surface area contributed by atoms with Gasteiger partial charge in [0.2, 0.25) is 0 Å². The number of rotatable bonds is 3. The number of hydrogen-bond donors (Lipinski definition) is 1. The van der Waals surface area contributed by atoms with Gasteiger partial charge >= 0.3 is 0 Å². The van der Waals surface area contributed by atoms with Crippen LogP contribution in [0.25, 0.3) is 0 Å². The van der Waals surface area contributed by atoms with Crippen LogP contribution in [-0.4, -0.2) is 27.3 Å². The summed E-state index contributed by atoms with van der Waals surface area (Å²) >= 11 is 3.59. The fourth-order valence-corrected chi connectivity index (χ4v) is 3.41. The number of ether oxygens (including phenoxy) is 2. The van der Waals surface area contributed by atoms with Crippen LogP contribution in [0.15, 0.2) is 10.5 Å². The van der Waals surface area contributed by atoms with Crippen molar-refractivity contribution in [1.29, 1.82) is 0 Å². The second-order valence-corrected chi connectivity index (χ2v) is 5.54. The molecule has 3 nitrogen and oxygen atoms in total. The standard InChI is InChI=1S/C14H20BrNO2/c1-9-13(17-2)11(7-12(15)14(9)18-3)10-5-4-6-16-8-10/h7,10,16H,4-6,8H2,1-3H3. The minimum atomic E-state index is 0.523. The van der Waals surface area contributed by atoms with Crippen LogP contribution in [0.2, 0.25) is 0 Å². The van der Waals surface area contributed by atoms with Crippen molar-refractivity contribution in [3.63, 3.8) is 0 Å². The van der Waals surface area contributed by atoms with Crippen LogP contribution in [0, 0.1) is 6.92 Å². The van der Waals surface area contributed by atoms with Crippen molar-refractivity contribution < 1.29 is 9.47 Å². The Morgan fingerprint density at radius 1 is 1.28 bits per heavy atom. The molecule has 100 valence electrons. The molecule has 1 aliphatic rings. The molecule has 1 aromatic rings. The fourth-order valence-electron chi connectivity index (χ4n) is 2.71. The molecular formula is C14H20BrNO2. The highest BCUT2D eigenvalue weighted by Crippen LogP contribution is 2.42.